The molecule has 3 rings (SSSR count). The van der Waals surface area contributed by atoms with Crippen LogP contribution in [0.3, 0.4) is 0 Å². The fourth-order valence-corrected chi connectivity index (χ4v) is 4.09. The highest BCUT2D eigenvalue weighted by molar-refractivity contribution is 8.01. The van der Waals surface area contributed by atoms with Crippen LogP contribution in [0.4, 0.5) is 4.79 Å². The van der Waals surface area contributed by atoms with Crippen LogP contribution in [0.15, 0.2) is 4.34 Å². The van der Waals surface area contributed by atoms with Gasteiger partial charge >= 0.3 is 6.09 Å². The van der Waals surface area contributed by atoms with E-state index in [2.05, 4.69) is 21.4 Å². The van der Waals surface area contributed by atoms with Gasteiger partial charge < -0.3 is 4.74 Å². The minimum absolute atomic E-state index is 0.189. The van der Waals surface area contributed by atoms with Gasteiger partial charge in [0.2, 0.25) is 4.96 Å². The number of aromatic nitrogens is 4. The molecule has 0 unspecified atom stereocenters. The van der Waals surface area contributed by atoms with E-state index >= 15 is 0 Å². The summed E-state index contributed by atoms with van der Waals surface area (Å²) in [6.45, 7) is 6.19. The number of likely N-dealkylation sites (tertiary alicyclic amines) is 1. The van der Waals surface area contributed by atoms with Crippen molar-refractivity contribution in [2.75, 3.05) is 12.3 Å². The van der Waals surface area contributed by atoms with Crippen LogP contribution in [0.1, 0.15) is 45.5 Å². The molecule has 0 spiro atoms. The summed E-state index contributed by atoms with van der Waals surface area (Å²) in [5, 5.41) is 21.5. The van der Waals surface area contributed by atoms with Crippen LogP contribution < -0.4 is 0 Å². The number of carbonyl (C=O) groups is 1. The van der Waals surface area contributed by atoms with Crippen LogP contribution in [-0.2, 0) is 4.74 Å². The molecule has 128 valence electrons. The second-order valence-corrected chi connectivity index (χ2v) is 8.58. The van der Waals surface area contributed by atoms with Gasteiger partial charge in [-0.15, -0.1) is 15.3 Å². The molecule has 2 aromatic heterocycles. The molecule has 0 aromatic carbocycles. The van der Waals surface area contributed by atoms with Gasteiger partial charge in [-0.3, -0.25) is 4.90 Å². The highest BCUT2D eigenvalue weighted by Crippen LogP contribution is 2.34. The summed E-state index contributed by atoms with van der Waals surface area (Å²) in [5.74, 6) is 0.987. The zero-order valence-electron chi connectivity index (χ0n) is 13.7. The number of carbonyl (C=O) groups excluding carboxylic acids is 1. The third-order valence-electron chi connectivity index (χ3n) is 3.44. The molecule has 2 aromatic rings. The number of ether oxygens (including phenoxy) is 1. The first-order valence-electron chi connectivity index (χ1n) is 7.60. The smallest absolute Gasteiger partial charge is 0.410 e. The molecule has 1 fully saturated rings. The van der Waals surface area contributed by atoms with Crippen LogP contribution in [-0.4, -0.2) is 48.7 Å². The van der Waals surface area contributed by atoms with Crippen molar-refractivity contribution in [2.45, 2.75) is 49.6 Å². The van der Waals surface area contributed by atoms with Crippen LogP contribution in [0, 0.1) is 11.3 Å². The van der Waals surface area contributed by atoms with E-state index in [9.17, 15) is 4.79 Å². The quantitative estimate of drug-likeness (QED) is 0.771. The highest BCUT2D eigenvalue weighted by atomic mass is 32.2. The predicted molar refractivity (Wildman–Crippen MR) is 89.9 cm³/mol. The van der Waals surface area contributed by atoms with Crippen molar-refractivity contribution in [3.05, 3.63) is 5.82 Å². The van der Waals surface area contributed by atoms with Crippen molar-refractivity contribution in [1.82, 2.24) is 24.7 Å². The van der Waals surface area contributed by atoms with Crippen molar-refractivity contribution in [1.29, 1.82) is 5.26 Å². The molecule has 0 saturated carbocycles. The van der Waals surface area contributed by atoms with Gasteiger partial charge in [0.25, 0.3) is 0 Å². The molecule has 0 radical (unpaired) electrons. The average molecular weight is 366 g/mol. The van der Waals surface area contributed by atoms with Crippen LogP contribution in [0.25, 0.3) is 4.96 Å². The molecule has 1 atom stereocenters. The fourth-order valence-electron chi connectivity index (χ4n) is 2.55. The highest BCUT2D eigenvalue weighted by Gasteiger charge is 2.36. The minimum atomic E-state index is -0.536. The molecule has 1 aliphatic rings. The lowest BCUT2D eigenvalue weighted by Crippen LogP contribution is -2.37. The maximum Gasteiger partial charge on any atom is 0.410 e. The second-order valence-electron chi connectivity index (χ2n) is 6.40. The molecule has 1 aliphatic heterocycles. The van der Waals surface area contributed by atoms with E-state index in [1.165, 1.54) is 23.1 Å². The summed E-state index contributed by atoms with van der Waals surface area (Å²) < 4.78 is 7.94. The van der Waals surface area contributed by atoms with Gasteiger partial charge in [-0.2, -0.15) is 9.78 Å². The number of hydrogen-bond acceptors (Lipinski definition) is 8. The van der Waals surface area contributed by atoms with Crippen molar-refractivity contribution in [3.63, 3.8) is 0 Å². The Morgan fingerprint density at radius 2 is 2.29 bits per heavy atom. The molecule has 0 N–H and O–H groups in total. The number of rotatable bonds is 3. The zero-order chi connectivity index (χ0) is 17.3. The molecule has 8 nitrogen and oxygen atoms in total. The molecule has 1 amide bonds. The van der Waals surface area contributed by atoms with E-state index in [0.29, 0.717) is 23.1 Å². The Kier molecular flexibility index (Phi) is 4.64. The molecule has 3 heterocycles. The van der Waals surface area contributed by atoms with Gasteiger partial charge in [-0.25, -0.2) is 4.79 Å². The van der Waals surface area contributed by atoms with Crippen molar-refractivity contribution >= 4 is 34.2 Å². The molecule has 1 saturated heterocycles. The predicted octanol–water partition coefficient (Wildman–Crippen LogP) is 2.87. The topological polar surface area (TPSA) is 96.4 Å². The summed E-state index contributed by atoms with van der Waals surface area (Å²) in [4.78, 5) is 14.8. The number of thioether (sulfide) groups is 1. The van der Waals surface area contributed by atoms with E-state index < -0.39 is 5.60 Å². The van der Waals surface area contributed by atoms with E-state index in [1.807, 2.05) is 20.8 Å². The van der Waals surface area contributed by atoms with Gasteiger partial charge in [-0.05, 0) is 33.6 Å². The Balaban J connectivity index is 1.84. The number of nitrogens with zero attached hydrogens (tertiary/aromatic N) is 6. The Morgan fingerprint density at radius 1 is 1.50 bits per heavy atom. The number of nitriles is 1. The lowest BCUT2D eigenvalue weighted by atomic mass is 10.2. The van der Waals surface area contributed by atoms with E-state index in [4.69, 9.17) is 10.00 Å². The first-order chi connectivity index (χ1) is 11.4. The lowest BCUT2D eigenvalue weighted by Gasteiger charge is -2.27. The minimum Gasteiger partial charge on any atom is -0.444 e. The molecular formula is C14H18N6O2S2. The Morgan fingerprint density at radius 3 is 3.00 bits per heavy atom. The number of fused-ring (bicyclic) bond motifs is 1. The van der Waals surface area contributed by atoms with Crippen molar-refractivity contribution in [3.8, 4) is 6.07 Å². The molecule has 0 aliphatic carbocycles. The van der Waals surface area contributed by atoms with Gasteiger partial charge in [0.1, 0.15) is 5.60 Å². The van der Waals surface area contributed by atoms with Crippen LogP contribution >= 0.6 is 23.1 Å². The van der Waals surface area contributed by atoms with Gasteiger partial charge in [0.05, 0.1) is 17.9 Å². The standard InChI is InChI=1S/C14H18N6O2S2/c1-14(2,3)22-13(21)19-7-4-5-9(19)10-16-17-11-20(10)18-12(24-11)23-8-6-15/h9H,4-5,7-8H2,1-3H3/t9-/m1/s1. The first-order valence-corrected chi connectivity index (χ1v) is 9.41. The van der Waals surface area contributed by atoms with Gasteiger partial charge in [-0.1, -0.05) is 23.1 Å². The van der Waals surface area contributed by atoms with Crippen LogP contribution in [0.2, 0.25) is 0 Å². The number of amides is 1. The van der Waals surface area contributed by atoms with Crippen molar-refractivity contribution < 1.29 is 9.53 Å². The summed E-state index contributed by atoms with van der Waals surface area (Å²) in [7, 11) is 0. The summed E-state index contributed by atoms with van der Waals surface area (Å²) in [6, 6.07) is 1.89. The SMILES string of the molecule is CC(C)(C)OC(=O)N1CCC[C@@H]1c1nnc2sc(SCC#N)nn12. The Bertz CT molecular complexity index is 787. The third kappa shape index (κ3) is 3.47. The lowest BCUT2D eigenvalue weighted by molar-refractivity contribution is 0.0217. The molecular weight excluding hydrogens is 348 g/mol. The monoisotopic (exact) mass is 366 g/mol. The third-order valence-corrected chi connectivity index (χ3v) is 5.33. The average Bonchev–Trinajstić information content (AvgIpc) is 3.17. The van der Waals surface area contributed by atoms with Crippen LogP contribution in [0.5, 0.6) is 0 Å². The van der Waals surface area contributed by atoms with Crippen molar-refractivity contribution in [2.24, 2.45) is 0 Å². The Labute approximate surface area is 147 Å². The maximum atomic E-state index is 12.4. The molecule has 24 heavy (non-hydrogen) atoms. The summed E-state index contributed by atoms with van der Waals surface area (Å²) in [6.07, 6.45) is 1.35. The second kappa shape index (κ2) is 6.57. The Hall–Kier alpha value is -1.86. The molecule has 10 heteroatoms. The van der Waals surface area contributed by atoms with E-state index in [1.54, 1.807) is 9.42 Å². The van der Waals surface area contributed by atoms with E-state index in [0.717, 1.165) is 17.2 Å². The number of hydrogen-bond donors (Lipinski definition) is 0. The largest absolute Gasteiger partial charge is 0.444 e. The van der Waals surface area contributed by atoms with Gasteiger partial charge in [0.15, 0.2) is 10.2 Å². The normalized spacial score (nSPS) is 18.1. The van der Waals surface area contributed by atoms with Gasteiger partial charge in [0, 0.05) is 6.54 Å². The maximum absolute atomic E-state index is 12.4. The summed E-state index contributed by atoms with van der Waals surface area (Å²) in [5.41, 5.74) is -0.536. The summed E-state index contributed by atoms with van der Waals surface area (Å²) >= 11 is 2.76. The zero-order valence-corrected chi connectivity index (χ0v) is 15.4. The first kappa shape index (κ1) is 17.0. The molecule has 0 bridgehead atoms. The van der Waals surface area contributed by atoms with E-state index in [-0.39, 0.29) is 12.1 Å². The fraction of sp³-hybridized carbons (Fsp3) is 0.643.